The average Bonchev–Trinajstić information content (AvgIpc) is 2.50. The van der Waals surface area contributed by atoms with E-state index < -0.39 is 0 Å². The highest BCUT2D eigenvalue weighted by atomic mass is 15.1. The van der Waals surface area contributed by atoms with Gasteiger partial charge in [0.15, 0.2) is 0 Å². The van der Waals surface area contributed by atoms with Gasteiger partial charge < -0.3 is 10.2 Å². The number of hydrogen-bond donors (Lipinski definition) is 1. The molecule has 0 bridgehead atoms. The van der Waals surface area contributed by atoms with E-state index in [4.69, 9.17) is 0 Å². The molecule has 1 heterocycles. The predicted octanol–water partition coefficient (Wildman–Crippen LogP) is 2.81. The molecule has 2 heteroatoms. The summed E-state index contributed by atoms with van der Waals surface area (Å²) in [5.74, 6) is 0. The second kappa shape index (κ2) is 7.86. The Morgan fingerprint density at radius 1 is 1.31 bits per heavy atom. The van der Waals surface area contributed by atoms with E-state index in [1.807, 2.05) is 0 Å². The summed E-state index contributed by atoms with van der Waals surface area (Å²) in [6, 6.07) is 1.45. The van der Waals surface area contributed by atoms with Gasteiger partial charge in [0.05, 0.1) is 0 Å². The zero-order valence-electron chi connectivity index (χ0n) is 11.2. The molecule has 0 saturated carbocycles. The van der Waals surface area contributed by atoms with Gasteiger partial charge in [-0.15, -0.1) is 0 Å². The molecule has 16 heavy (non-hydrogen) atoms. The summed E-state index contributed by atoms with van der Waals surface area (Å²) in [6.45, 7) is 10.4. The second-order valence-corrected chi connectivity index (χ2v) is 5.07. The monoisotopic (exact) mass is 224 g/mol. The SMILES string of the molecule is C/C=C/CCNC1CCCN(C(C)C)CC1. The number of nitrogens with zero attached hydrogens (tertiary/aromatic N) is 1. The molecule has 94 valence electrons. The molecule has 1 fully saturated rings. The molecule has 1 atom stereocenters. The van der Waals surface area contributed by atoms with Crippen LogP contribution in [-0.2, 0) is 0 Å². The minimum absolute atomic E-state index is 0.710. The Hall–Kier alpha value is -0.340. The van der Waals surface area contributed by atoms with Crippen molar-refractivity contribution in [3.8, 4) is 0 Å². The molecule has 0 spiro atoms. The Morgan fingerprint density at radius 3 is 2.81 bits per heavy atom. The zero-order valence-corrected chi connectivity index (χ0v) is 11.2. The molecule has 0 aromatic rings. The minimum atomic E-state index is 0.710. The molecule has 1 N–H and O–H groups in total. The van der Waals surface area contributed by atoms with Gasteiger partial charge in [0.1, 0.15) is 0 Å². The molecule has 1 rings (SSSR count). The highest BCUT2D eigenvalue weighted by Crippen LogP contribution is 2.13. The largest absolute Gasteiger partial charge is 0.314 e. The summed E-state index contributed by atoms with van der Waals surface area (Å²) in [5.41, 5.74) is 0. The first-order valence-corrected chi connectivity index (χ1v) is 6.82. The molecule has 1 saturated heterocycles. The smallest absolute Gasteiger partial charge is 0.00798 e. The predicted molar refractivity (Wildman–Crippen MR) is 71.8 cm³/mol. The number of allylic oxidation sites excluding steroid dienone is 1. The van der Waals surface area contributed by atoms with E-state index in [1.54, 1.807) is 0 Å². The summed E-state index contributed by atoms with van der Waals surface area (Å²) in [7, 11) is 0. The summed E-state index contributed by atoms with van der Waals surface area (Å²) < 4.78 is 0. The molecule has 0 aromatic carbocycles. The molecular weight excluding hydrogens is 196 g/mol. The van der Waals surface area contributed by atoms with E-state index in [9.17, 15) is 0 Å². The molecule has 1 aliphatic heterocycles. The van der Waals surface area contributed by atoms with Crippen LogP contribution in [0.25, 0.3) is 0 Å². The van der Waals surface area contributed by atoms with Gasteiger partial charge in [-0.25, -0.2) is 0 Å². The minimum Gasteiger partial charge on any atom is -0.314 e. The third-order valence-electron chi connectivity index (χ3n) is 3.47. The Labute approximate surface area is 101 Å². The van der Waals surface area contributed by atoms with Crippen molar-refractivity contribution in [3.05, 3.63) is 12.2 Å². The maximum absolute atomic E-state index is 3.68. The fourth-order valence-corrected chi connectivity index (χ4v) is 2.38. The number of nitrogens with one attached hydrogen (secondary N) is 1. The van der Waals surface area contributed by atoms with Crippen LogP contribution in [0.3, 0.4) is 0 Å². The van der Waals surface area contributed by atoms with Gasteiger partial charge in [0, 0.05) is 12.1 Å². The molecule has 0 radical (unpaired) electrons. The Balaban J connectivity index is 2.19. The van der Waals surface area contributed by atoms with Crippen LogP contribution in [0.2, 0.25) is 0 Å². The van der Waals surface area contributed by atoms with Crippen LogP contribution >= 0.6 is 0 Å². The average molecular weight is 224 g/mol. The Bertz CT molecular complexity index is 199. The fraction of sp³-hybridized carbons (Fsp3) is 0.857. The number of likely N-dealkylation sites (tertiary alicyclic amines) is 1. The van der Waals surface area contributed by atoms with Crippen LogP contribution in [0.1, 0.15) is 46.5 Å². The highest BCUT2D eigenvalue weighted by molar-refractivity contribution is 4.80. The van der Waals surface area contributed by atoms with Gasteiger partial charge >= 0.3 is 0 Å². The maximum Gasteiger partial charge on any atom is 0.00798 e. The van der Waals surface area contributed by atoms with E-state index in [0.717, 1.165) is 12.6 Å². The van der Waals surface area contributed by atoms with E-state index in [0.29, 0.717) is 6.04 Å². The normalized spacial score (nSPS) is 24.1. The Kier molecular flexibility index (Phi) is 6.74. The molecule has 1 unspecified atom stereocenters. The first-order chi connectivity index (χ1) is 7.74. The number of hydrogen-bond acceptors (Lipinski definition) is 2. The molecule has 0 aromatic heterocycles. The summed E-state index contributed by atoms with van der Waals surface area (Å²) in [4.78, 5) is 2.60. The first-order valence-electron chi connectivity index (χ1n) is 6.82. The van der Waals surface area contributed by atoms with Gasteiger partial charge in [0.25, 0.3) is 0 Å². The lowest BCUT2D eigenvalue weighted by molar-refractivity contribution is 0.229. The van der Waals surface area contributed by atoms with Crippen molar-refractivity contribution in [2.75, 3.05) is 19.6 Å². The van der Waals surface area contributed by atoms with E-state index in [2.05, 4.69) is 43.1 Å². The van der Waals surface area contributed by atoms with Crippen molar-refractivity contribution in [2.45, 2.75) is 58.5 Å². The van der Waals surface area contributed by atoms with Gasteiger partial charge in [0.2, 0.25) is 0 Å². The molecule has 1 aliphatic rings. The van der Waals surface area contributed by atoms with Crippen LogP contribution in [0, 0.1) is 0 Å². The van der Waals surface area contributed by atoms with Crippen molar-refractivity contribution >= 4 is 0 Å². The van der Waals surface area contributed by atoms with Crippen molar-refractivity contribution in [1.29, 1.82) is 0 Å². The van der Waals surface area contributed by atoms with Crippen LogP contribution in [0.5, 0.6) is 0 Å². The maximum atomic E-state index is 3.68. The fourth-order valence-electron chi connectivity index (χ4n) is 2.38. The summed E-state index contributed by atoms with van der Waals surface area (Å²) >= 11 is 0. The van der Waals surface area contributed by atoms with Crippen LogP contribution in [0.15, 0.2) is 12.2 Å². The molecular formula is C14H28N2. The standard InChI is InChI=1S/C14H28N2/c1-4-5-6-10-15-14-8-7-11-16(12-9-14)13(2)3/h4-5,13-15H,6-12H2,1-3H3/b5-4+. The lowest BCUT2D eigenvalue weighted by Crippen LogP contribution is -2.34. The van der Waals surface area contributed by atoms with Crippen molar-refractivity contribution in [3.63, 3.8) is 0 Å². The van der Waals surface area contributed by atoms with Crippen LogP contribution in [0.4, 0.5) is 0 Å². The third-order valence-corrected chi connectivity index (χ3v) is 3.47. The van der Waals surface area contributed by atoms with Gasteiger partial charge in [-0.3, -0.25) is 0 Å². The first kappa shape index (κ1) is 13.7. The Morgan fingerprint density at radius 2 is 2.12 bits per heavy atom. The van der Waals surface area contributed by atoms with E-state index in [-0.39, 0.29) is 0 Å². The lowest BCUT2D eigenvalue weighted by Gasteiger charge is -2.24. The quantitative estimate of drug-likeness (QED) is 0.570. The van der Waals surface area contributed by atoms with Crippen molar-refractivity contribution in [2.24, 2.45) is 0 Å². The molecule has 0 aliphatic carbocycles. The molecule has 2 nitrogen and oxygen atoms in total. The number of rotatable bonds is 5. The summed E-state index contributed by atoms with van der Waals surface area (Å²) in [6.07, 6.45) is 9.55. The zero-order chi connectivity index (χ0) is 11.8. The lowest BCUT2D eigenvalue weighted by atomic mass is 10.1. The van der Waals surface area contributed by atoms with E-state index >= 15 is 0 Å². The second-order valence-electron chi connectivity index (χ2n) is 5.07. The topological polar surface area (TPSA) is 15.3 Å². The van der Waals surface area contributed by atoms with Gasteiger partial charge in [-0.05, 0) is 66.1 Å². The van der Waals surface area contributed by atoms with E-state index in [1.165, 1.54) is 38.8 Å². The van der Waals surface area contributed by atoms with Crippen molar-refractivity contribution < 1.29 is 0 Å². The van der Waals surface area contributed by atoms with Crippen LogP contribution < -0.4 is 5.32 Å². The van der Waals surface area contributed by atoms with Crippen molar-refractivity contribution in [1.82, 2.24) is 10.2 Å². The van der Waals surface area contributed by atoms with Crippen LogP contribution in [-0.4, -0.2) is 36.6 Å². The molecule has 0 amide bonds. The third kappa shape index (κ3) is 5.13. The van der Waals surface area contributed by atoms with Gasteiger partial charge in [-0.1, -0.05) is 12.2 Å². The summed E-state index contributed by atoms with van der Waals surface area (Å²) in [5, 5.41) is 3.68. The highest BCUT2D eigenvalue weighted by Gasteiger charge is 2.17. The van der Waals surface area contributed by atoms with Gasteiger partial charge in [-0.2, -0.15) is 0 Å².